The minimum absolute atomic E-state index is 0.0130. The molecule has 4 aromatic rings. The highest BCUT2D eigenvalue weighted by atomic mass is 16.3. The van der Waals surface area contributed by atoms with Crippen LogP contribution in [0, 0.1) is 39.4 Å². The number of aryl methyl sites for hydroxylation is 1. The van der Waals surface area contributed by atoms with Crippen LogP contribution in [-0.4, -0.2) is 61.4 Å². The van der Waals surface area contributed by atoms with Crippen LogP contribution in [0.3, 0.4) is 0 Å². The van der Waals surface area contributed by atoms with E-state index in [1.165, 1.54) is 86.6 Å². The first-order valence-electron chi connectivity index (χ1n) is 22.4. The Morgan fingerprint density at radius 2 is 1.61 bits per heavy atom. The minimum Gasteiger partial charge on any atom is -0.507 e. The van der Waals surface area contributed by atoms with E-state index in [0.29, 0.717) is 60.0 Å². The normalized spacial score (nSPS) is 32.9. The highest BCUT2D eigenvalue weighted by molar-refractivity contribution is 6.47. The van der Waals surface area contributed by atoms with Crippen LogP contribution in [-0.2, 0) is 19.4 Å². The molecule has 0 amide bonds. The van der Waals surface area contributed by atoms with E-state index in [9.17, 15) is 30.6 Å². The van der Waals surface area contributed by atoms with Gasteiger partial charge in [0.25, 0.3) is 0 Å². The highest BCUT2D eigenvalue weighted by Crippen LogP contribution is 2.79. The second-order valence-electron chi connectivity index (χ2n) is 19.3. The van der Waals surface area contributed by atoms with E-state index in [1.54, 1.807) is 30.4 Å². The number of fused-ring (bicyclic) bond motifs is 6. The van der Waals surface area contributed by atoms with Gasteiger partial charge in [-0.15, -0.1) is 0 Å². The Balaban J connectivity index is 0.881. The number of aromatic hydroxyl groups is 5. The van der Waals surface area contributed by atoms with Gasteiger partial charge >= 0.3 is 0 Å². The number of allylic oxidation sites excluding steroid dienone is 3. The van der Waals surface area contributed by atoms with E-state index in [0.717, 1.165) is 18.5 Å². The summed E-state index contributed by atoms with van der Waals surface area (Å²) in [6.07, 6.45) is 24.3. The molecule has 2 bridgehead atoms. The number of phenolic OH excluding ortho intramolecular Hbond substituents is 5. The molecule has 0 saturated heterocycles. The van der Waals surface area contributed by atoms with Gasteiger partial charge in [0.1, 0.15) is 12.4 Å². The molecule has 7 N–H and O–H groups in total. The van der Waals surface area contributed by atoms with Crippen molar-refractivity contribution in [3.8, 4) is 28.7 Å². The van der Waals surface area contributed by atoms with Gasteiger partial charge in [-0.05, 0) is 126 Å². The summed E-state index contributed by atoms with van der Waals surface area (Å²) in [4.78, 5) is 10.5. The van der Waals surface area contributed by atoms with Crippen LogP contribution < -0.4 is 5.32 Å². The van der Waals surface area contributed by atoms with E-state index in [1.807, 2.05) is 0 Å². The largest absolute Gasteiger partial charge is 0.507 e. The van der Waals surface area contributed by atoms with Crippen molar-refractivity contribution in [1.82, 2.24) is 5.32 Å². The molecule has 11 rings (SSSR count). The molecule has 8 atom stereocenters. The summed E-state index contributed by atoms with van der Waals surface area (Å²) in [5, 5.41) is 70.2. The van der Waals surface area contributed by atoms with Gasteiger partial charge in [-0.1, -0.05) is 91.8 Å². The summed E-state index contributed by atoms with van der Waals surface area (Å²) in [6.45, 7) is 1.94. The Morgan fingerprint density at radius 1 is 0.754 bits per heavy atom. The maximum absolute atomic E-state index is 12.4. The first-order valence-corrected chi connectivity index (χ1v) is 22.4. The van der Waals surface area contributed by atoms with E-state index in [-0.39, 0.29) is 61.7 Å². The summed E-state index contributed by atoms with van der Waals surface area (Å²) in [7, 11) is 0. The number of hydrogen-bond acceptors (Lipinski definition) is 9. The molecule has 0 unspecified atom stereocenters. The Kier molecular flexibility index (Phi) is 8.89. The lowest BCUT2D eigenvalue weighted by atomic mass is 9.35. The summed E-state index contributed by atoms with van der Waals surface area (Å²) < 4.78 is 0. The molecule has 3 spiro atoms. The zero-order valence-electron chi connectivity index (χ0n) is 34.5. The molecule has 4 aromatic carbocycles. The Hall–Kier alpha value is -5.38. The number of nitrogens with one attached hydrogen (secondary N) is 1. The van der Waals surface area contributed by atoms with Gasteiger partial charge in [0.05, 0.1) is 22.9 Å². The Labute approximate surface area is 356 Å². The van der Waals surface area contributed by atoms with Crippen LogP contribution >= 0.6 is 0 Å². The number of nitrogens with zero attached hydrogens (tertiary/aromatic N) is 2. The summed E-state index contributed by atoms with van der Waals surface area (Å²) in [5.41, 5.74) is 6.34. The average Bonchev–Trinajstić information content (AvgIpc) is 4.07. The molecule has 7 aliphatic rings. The van der Waals surface area contributed by atoms with Crippen molar-refractivity contribution in [2.75, 3.05) is 13.2 Å². The molecule has 4 fully saturated rings. The van der Waals surface area contributed by atoms with Crippen LogP contribution in [0.25, 0.3) is 22.9 Å². The van der Waals surface area contributed by atoms with E-state index < -0.39 is 6.10 Å². The number of phenols is 5. The van der Waals surface area contributed by atoms with Crippen molar-refractivity contribution in [3.63, 3.8) is 0 Å². The predicted octanol–water partition coefficient (Wildman–Crippen LogP) is 9.13. The van der Waals surface area contributed by atoms with Crippen molar-refractivity contribution in [2.24, 2.45) is 49.4 Å². The molecule has 61 heavy (non-hydrogen) atoms. The molecule has 0 aromatic heterocycles. The fraction of sp³-hybridized carbons (Fsp3) is 0.423. The van der Waals surface area contributed by atoms with Gasteiger partial charge in [0.2, 0.25) is 0 Å². The van der Waals surface area contributed by atoms with Crippen molar-refractivity contribution >= 4 is 34.3 Å². The monoisotopic (exact) mass is 817 g/mol. The van der Waals surface area contributed by atoms with Crippen molar-refractivity contribution < 1.29 is 30.6 Å². The van der Waals surface area contributed by atoms with Crippen molar-refractivity contribution in [2.45, 2.75) is 83.3 Å². The maximum atomic E-state index is 12.4. The maximum Gasteiger partial charge on any atom is 0.169 e. The second kappa shape index (κ2) is 14.1. The quantitative estimate of drug-likeness (QED) is 0.0504. The smallest absolute Gasteiger partial charge is 0.169 e. The lowest BCUT2D eigenvalue weighted by molar-refractivity contribution is -0.170. The number of aliphatic hydroxyl groups excluding tert-OH is 1. The summed E-state index contributed by atoms with van der Waals surface area (Å²) in [6, 6.07) is 18.1. The molecule has 1 aliphatic heterocycles. The fourth-order valence-electron chi connectivity index (χ4n) is 14.6. The van der Waals surface area contributed by atoms with E-state index >= 15 is 0 Å². The molecule has 4 saturated carbocycles. The van der Waals surface area contributed by atoms with Crippen LogP contribution in [0.1, 0.15) is 85.6 Å². The third-order valence-corrected chi connectivity index (χ3v) is 17.0. The van der Waals surface area contributed by atoms with Crippen LogP contribution in [0.15, 0.2) is 95.0 Å². The van der Waals surface area contributed by atoms with Gasteiger partial charge < -0.3 is 36.0 Å². The van der Waals surface area contributed by atoms with Gasteiger partial charge in [-0.3, -0.25) is 9.98 Å². The lowest BCUT2D eigenvalue weighted by Crippen LogP contribution is -2.70. The minimum atomic E-state index is -0.512. The number of benzene rings is 4. The SMILES string of the molecule is Oc1ccc(/C=C/c2c(CCc3ccc(CNC[C@]45C6=NCN=C6[C@H]6C=C[C@]7(CCC[C@@]74CC[C@]47CCC[C@H]4C=C[C@@H](O)[C@H]75)C6)cc3)c(O)c(O)c3c(O)cccc23)cc1O. The van der Waals surface area contributed by atoms with Crippen LogP contribution in [0.4, 0.5) is 0 Å². The topological polar surface area (TPSA) is 158 Å². The van der Waals surface area contributed by atoms with Crippen LogP contribution in [0.2, 0.25) is 0 Å². The standard InChI is InChI=1S/C52H55N3O6/c56-39-17-13-32(26-42(39)59)12-15-36-37-5-1-6-40(57)43(37)46(61)45(60)38(36)16-11-31-7-9-33(10-8-31)28-53-29-52-47-41(58)18-14-35-4-2-21-50(35,47)24-25-51(52)22-3-20-49(51)23-19-34(27-49)44-48(52)55-30-54-44/h1,5-10,12-15,17-19,23,26,34-35,41,47,53,56-61H,2-4,11,16,20-22,24-25,27-30H2/b15-12+/t34-,35-,41+,47+,49+,50+,51+,52-/m0/s1. The zero-order valence-corrected chi connectivity index (χ0v) is 34.5. The van der Waals surface area contributed by atoms with Gasteiger partial charge in [0, 0.05) is 35.9 Å². The van der Waals surface area contributed by atoms with E-state index in [4.69, 9.17) is 9.98 Å². The fourth-order valence-corrected chi connectivity index (χ4v) is 14.6. The highest BCUT2D eigenvalue weighted by Gasteiger charge is 2.77. The van der Waals surface area contributed by atoms with Crippen molar-refractivity contribution in [1.29, 1.82) is 0 Å². The van der Waals surface area contributed by atoms with Crippen molar-refractivity contribution in [3.05, 3.63) is 113 Å². The number of hydrogen-bond donors (Lipinski definition) is 7. The average molecular weight is 818 g/mol. The van der Waals surface area contributed by atoms with Gasteiger partial charge in [-0.25, -0.2) is 0 Å². The zero-order chi connectivity index (χ0) is 41.7. The van der Waals surface area contributed by atoms with E-state index in [2.05, 4.69) is 53.9 Å². The molecule has 1 heterocycles. The second-order valence-corrected chi connectivity index (χ2v) is 19.3. The molecular formula is C52H55N3O6. The van der Waals surface area contributed by atoms with Gasteiger partial charge in [-0.2, -0.15) is 0 Å². The molecule has 314 valence electrons. The Morgan fingerprint density at radius 3 is 2.46 bits per heavy atom. The lowest BCUT2D eigenvalue weighted by Gasteiger charge is -2.68. The molecule has 6 aliphatic carbocycles. The van der Waals surface area contributed by atoms with Gasteiger partial charge in [0.15, 0.2) is 23.0 Å². The first kappa shape index (κ1) is 38.5. The number of aliphatic imine (C=N–C) groups is 2. The first-order chi connectivity index (χ1) is 29.6. The number of aliphatic hydroxyl groups is 1. The Bertz CT molecular complexity index is 2610. The predicted molar refractivity (Wildman–Crippen MR) is 239 cm³/mol. The van der Waals surface area contributed by atoms with Crippen LogP contribution in [0.5, 0.6) is 28.7 Å². The third kappa shape index (κ3) is 5.45. The summed E-state index contributed by atoms with van der Waals surface area (Å²) >= 11 is 0. The molecule has 9 nitrogen and oxygen atoms in total. The number of rotatable bonds is 9. The molecular weight excluding hydrogens is 763 g/mol. The summed E-state index contributed by atoms with van der Waals surface area (Å²) in [5.74, 6) is -0.331. The molecule has 9 heteroatoms. The third-order valence-electron chi connectivity index (χ3n) is 17.0. The molecule has 0 radical (unpaired) electrons.